The van der Waals surface area contributed by atoms with E-state index in [1.807, 2.05) is 12.1 Å². The molecule has 0 amide bonds. The van der Waals surface area contributed by atoms with Crippen LogP contribution < -0.4 is 14.2 Å². The second-order valence-electron chi connectivity index (χ2n) is 12.9. The molecule has 6 atom stereocenters. The second kappa shape index (κ2) is 13.3. The summed E-state index contributed by atoms with van der Waals surface area (Å²) in [6.45, 7) is 3.05. The number of aliphatic hydroxyl groups is 3. The minimum Gasteiger partial charge on any atom is -0.492 e. The van der Waals surface area contributed by atoms with Crippen molar-refractivity contribution in [1.29, 1.82) is 0 Å². The second-order valence-corrected chi connectivity index (χ2v) is 12.9. The molecule has 2 saturated heterocycles. The first kappa shape index (κ1) is 34.0. The number of aromatic nitrogens is 1. The number of carboxylic acid groups (broad SMARTS) is 1. The number of aliphatic hydroxyl groups excluding tert-OH is 3. The normalized spacial score (nSPS) is 25.3. The first-order chi connectivity index (χ1) is 23.9. The molecular weight excluding hydrogens is 661 g/mol. The van der Waals surface area contributed by atoms with E-state index in [1.165, 1.54) is 18.2 Å². The van der Waals surface area contributed by atoms with Gasteiger partial charge in [-0.15, -0.1) is 0 Å². The van der Waals surface area contributed by atoms with E-state index in [2.05, 4.69) is 9.88 Å². The molecule has 4 N–H and O–H groups in total. The number of benzene rings is 3. The van der Waals surface area contributed by atoms with Crippen molar-refractivity contribution in [2.45, 2.75) is 49.7 Å². The van der Waals surface area contributed by atoms with E-state index in [9.17, 15) is 38.4 Å². The van der Waals surface area contributed by atoms with Gasteiger partial charge in [-0.1, -0.05) is 24.3 Å². The summed E-state index contributed by atoms with van der Waals surface area (Å²) in [6, 6.07) is 16.3. The number of carboxylic acids is 1. The van der Waals surface area contributed by atoms with Gasteiger partial charge in [-0.3, -0.25) is 14.3 Å². The molecule has 14 heteroatoms. The Morgan fingerprint density at radius 1 is 0.980 bits per heavy atom. The van der Waals surface area contributed by atoms with E-state index < -0.39 is 48.7 Å². The molecule has 1 aromatic heterocycles. The van der Waals surface area contributed by atoms with Gasteiger partial charge < -0.3 is 39.4 Å². The van der Waals surface area contributed by atoms with Crippen LogP contribution in [0, 0.1) is 5.92 Å². The maximum Gasteiger partial charge on any atom is 0.335 e. The Kier molecular flexibility index (Phi) is 9.07. The number of hydrogen-bond donors (Lipinski definition) is 4. The summed E-state index contributed by atoms with van der Waals surface area (Å²) in [6.07, 6.45) is -8.04. The minimum absolute atomic E-state index is 0.0946. The highest BCUT2D eigenvalue weighted by Crippen LogP contribution is 2.49. The lowest BCUT2D eigenvalue weighted by Gasteiger charge is -2.38. The molecule has 0 bridgehead atoms. The summed E-state index contributed by atoms with van der Waals surface area (Å²) in [7, 11) is 0. The number of hydrogen-bond acceptors (Lipinski definition) is 10. The highest BCUT2D eigenvalue weighted by atomic mass is 19.3. The quantitative estimate of drug-likeness (QED) is 0.190. The van der Waals surface area contributed by atoms with Crippen LogP contribution in [0.25, 0.3) is 22.0 Å². The van der Waals surface area contributed by atoms with Crippen molar-refractivity contribution < 1.29 is 57.3 Å². The smallest absolute Gasteiger partial charge is 0.335 e. The Morgan fingerprint density at radius 3 is 2.42 bits per heavy atom. The third-order valence-electron chi connectivity index (χ3n) is 9.34. The third-order valence-corrected chi connectivity index (χ3v) is 9.34. The molecule has 4 aromatic rings. The molecule has 3 aliphatic rings. The zero-order valence-electron chi connectivity index (χ0n) is 26.8. The van der Waals surface area contributed by atoms with Crippen LogP contribution in [0.4, 0.5) is 13.2 Å². The van der Waals surface area contributed by atoms with Crippen molar-refractivity contribution in [3.63, 3.8) is 0 Å². The fourth-order valence-corrected chi connectivity index (χ4v) is 6.57. The zero-order valence-corrected chi connectivity index (χ0v) is 26.8. The van der Waals surface area contributed by atoms with E-state index >= 15 is 0 Å². The van der Waals surface area contributed by atoms with Crippen molar-refractivity contribution in [3.8, 4) is 28.4 Å². The Hall–Kier alpha value is -4.47. The highest BCUT2D eigenvalue weighted by Gasteiger charge is 2.48. The van der Waals surface area contributed by atoms with E-state index in [0.29, 0.717) is 52.1 Å². The predicted molar refractivity (Wildman–Crippen MR) is 172 cm³/mol. The fraction of sp³-hybridized carbons (Fsp3) is 0.389. The van der Waals surface area contributed by atoms with Gasteiger partial charge in [0, 0.05) is 72.4 Å². The van der Waals surface area contributed by atoms with E-state index in [0.717, 1.165) is 20.0 Å². The molecule has 3 aliphatic heterocycles. The van der Waals surface area contributed by atoms with Crippen LogP contribution in [-0.4, -0.2) is 99.9 Å². The standard InChI is InChI=1S/C36H35F3N2O9/c1-36(38,39)20-4-8-23-25-15-40-26-13-22(48-35-31(44)29(42)30(43)33(50-35)34(45)46)7-9-24(26)28(25)32(49-27(23)12-20)19-2-5-21(6-3-19)47-11-10-41-16-18(14-37)17-41/h2-9,12-13,15,18,29-33,35,42-44H,10-11,14,16-17H2,1H3,(H,45,46)/t29-,30-,31+,32-,33-,35+/m0/s1. The predicted octanol–water partition coefficient (Wildman–Crippen LogP) is 4.05. The fourth-order valence-electron chi connectivity index (χ4n) is 6.57. The summed E-state index contributed by atoms with van der Waals surface area (Å²) < 4.78 is 64.8. The largest absolute Gasteiger partial charge is 0.492 e. The number of rotatable bonds is 10. The number of alkyl halides is 3. The summed E-state index contributed by atoms with van der Waals surface area (Å²) in [5.74, 6) is -3.52. The van der Waals surface area contributed by atoms with Gasteiger partial charge in [0.2, 0.25) is 6.29 Å². The number of halogens is 3. The number of fused-ring (bicyclic) bond motifs is 5. The molecule has 0 unspecified atom stereocenters. The lowest BCUT2D eigenvalue weighted by molar-refractivity contribution is -0.271. The van der Waals surface area contributed by atoms with E-state index in [4.69, 9.17) is 18.9 Å². The van der Waals surface area contributed by atoms with Gasteiger partial charge in [0.15, 0.2) is 12.2 Å². The lowest BCUT2D eigenvalue weighted by Crippen LogP contribution is -2.61. The summed E-state index contributed by atoms with van der Waals surface area (Å²) in [5, 5.41) is 40.7. The number of nitrogens with zero attached hydrogens (tertiary/aromatic N) is 2. The van der Waals surface area contributed by atoms with Gasteiger partial charge >= 0.3 is 5.97 Å². The molecule has 50 heavy (non-hydrogen) atoms. The maximum absolute atomic E-state index is 14.3. The molecule has 2 fully saturated rings. The molecular formula is C36H35F3N2O9. The number of likely N-dealkylation sites (tertiary alicyclic amines) is 1. The van der Waals surface area contributed by atoms with Crippen LogP contribution in [0.1, 0.15) is 29.7 Å². The van der Waals surface area contributed by atoms with Crippen molar-refractivity contribution in [3.05, 3.63) is 83.6 Å². The highest BCUT2D eigenvalue weighted by molar-refractivity contribution is 5.92. The Labute approximate surface area is 284 Å². The van der Waals surface area contributed by atoms with Crippen LogP contribution in [0.5, 0.6) is 17.2 Å². The van der Waals surface area contributed by atoms with Crippen molar-refractivity contribution in [1.82, 2.24) is 9.88 Å². The molecule has 3 aromatic carbocycles. The monoisotopic (exact) mass is 696 g/mol. The first-order valence-electron chi connectivity index (χ1n) is 16.1. The Morgan fingerprint density at radius 2 is 1.72 bits per heavy atom. The molecule has 0 spiro atoms. The van der Waals surface area contributed by atoms with Gasteiger partial charge in [-0.2, -0.15) is 0 Å². The van der Waals surface area contributed by atoms with Gasteiger partial charge in [-0.25, -0.2) is 13.6 Å². The number of ether oxygens (including phenoxy) is 4. The Balaban J connectivity index is 1.20. The Bertz CT molecular complexity index is 1880. The SMILES string of the molecule is CC(F)(F)c1ccc2c(c1)O[C@@H](c1ccc(OCCN3CC(CF)C3)cc1)c1c-2cnc2cc(O[C@@H]3O[C@H](C(=O)O)[C@@H](O)[C@H](O)[C@H]3O)ccc12. The molecule has 7 rings (SSSR count). The average molecular weight is 697 g/mol. The van der Waals surface area contributed by atoms with Gasteiger partial charge in [-0.05, 0) is 35.9 Å². The third kappa shape index (κ3) is 6.44. The van der Waals surface area contributed by atoms with Crippen molar-refractivity contribution in [2.24, 2.45) is 5.92 Å². The van der Waals surface area contributed by atoms with Crippen molar-refractivity contribution in [2.75, 3.05) is 32.9 Å². The number of pyridine rings is 1. The van der Waals surface area contributed by atoms with Crippen LogP contribution in [0.15, 0.2) is 66.9 Å². The van der Waals surface area contributed by atoms with Crippen LogP contribution in [-0.2, 0) is 15.5 Å². The average Bonchev–Trinajstić information content (AvgIpc) is 3.08. The summed E-state index contributed by atoms with van der Waals surface area (Å²) in [4.78, 5) is 18.3. The summed E-state index contributed by atoms with van der Waals surface area (Å²) >= 11 is 0. The van der Waals surface area contributed by atoms with Crippen LogP contribution >= 0.6 is 0 Å². The van der Waals surface area contributed by atoms with Crippen LogP contribution in [0.3, 0.4) is 0 Å². The molecule has 264 valence electrons. The number of carbonyl (C=O) groups is 1. The zero-order chi connectivity index (χ0) is 35.3. The molecule has 4 heterocycles. The number of aliphatic carboxylic acids is 1. The maximum atomic E-state index is 14.3. The van der Waals surface area contributed by atoms with Crippen molar-refractivity contribution >= 4 is 16.9 Å². The molecule has 0 saturated carbocycles. The van der Waals surface area contributed by atoms with E-state index in [-0.39, 0.29) is 29.7 Å². The lowest BCUT2D eigenvalue weighted by atomic mass is 9.87. The van der Waals surface area contributed by atoms with Crippen LogP contribution in [0.2, 0.25) is 0 Å². The van der Waals surface area contributed by atoms with Gasteiger partial charge in [0.1, 0.15) is 42.2 Å². The first-order valence-corrected chi connectivity index (χ1v) is 16.1. The minimum atomic E-state index is -3.09. The van der Waals surface area contributed by atoms with Gasteiger partial charge in [0.05, 0.1) is 12.2 Å². The topological polar surface area (TPSA) is 151 Å². The molecule has 0 radical (unpaired) electrons. The summed E-state index contributed by atoms with van der Waals surface area (Å²) in [5.41, 5.74) is 2.88. The molecule has 0 aliphatic carbocycles. The van der Waals surface area contributed by atoms with Gasteiger partial charge in [0.25, 0.3) is 5.92 Å². The van der Waals surface area contributed by atoms with E-state index in [1.54, 1.807) is 36.5 Å². The molecule has 11 nitrogen and oxygen atoms in total.